The number of thiophene rings is 1. The summed E-state index contributed by atoms with van der Waals surface area (Å²) in [6.07, 6.45) is -4.49. The number of aromatic nitrogens is 2. The second-order valence-corrected chi connectivity index (χ2v) is 12.6. The molecule has 3 aromatic rings. The maximum absolute atomic E-state index is 13.6. The van der Waals surface area contributed by atoms with E-state index in [1.54, 1.807) is 19.1 Å². The van der Waals surface area contributed by atoms with Crippen LogP contribution < -0.4 is 0 Å². The van der Waals surface area contributed by atoms with Gasteiger partial charge in [0.2, 0.25) is 11.8 Å². The van der Waals surface area contributed by atoms with Gasteiger partial charge in [-0.15, -0.1) is 11.3 Å². The lowest BCUT2D eigenvalue weighted by Gasteiger charge is -2.21. The molecule has 1 N–H and O–H groups in total. The second-order valence-electron chi connectivity index (χ2n) is 11.5. The second kappa shape index (κ2) is 9.07. The molecule has 40 heavy (non-hydrogen) atoms. The van der Waals surface area contributed by atoms with Crippen molar-refractivity contribution < 1.29 is 32.7 Å². The first kappa shape index (κ1) is 26.8. The Hall–Kier alpha value is -3.38. The Morgan fingerprint density at radius 3 is 2.52 bits per heavy atom. The van der Waals surface area contributed by atoms with Crippen LogP contribution >= 0.6 is 11.3 Å². The zero-order valence-electron chi connectivity index (χ0n) is 22.1. The third-order valence-corrected chi connectivity index (χ3v) is 9.38. The van der Waals surface area contributed by atoms with E-state index in [0.717, 1.165) is 0 Å². The van der Waals surface area contributed by atoms with Crippen LogP contribution in [0.1, 0.15) is 46.8 Å². The number of aliphatic hydroxyl groups is 1. The van der Waals surface area contributed by atoms with Crippen LogP contribution in [0.2, 0.25) is 0 Å². The quantitative estimate of drug-likeness (QED) is 0.462. The number of aryl methyl sites for hydroxylation is 1. The Labute approximate surface area is 231 Å². The van der Waals surface area contributed by atoms with E-state index in [9.17, 15) is 32.7 Å². The van der Waals surface area contributed by atoms with Gasteiger partial charge in [0.05, 0.1) is 58.1 Å². The van der Waals surface area contributed by atoms with Crippen LogP contribution in [-0.4, -0.2) is 68.0 Å². The number of likely N-dealkylation sites (tertiary alicyclic amines) is 2. The van der Waals surface area contributed by atoms with E-state index in [1.165, 1.54) is 33.4 Å². The highest BCUT2D eigenvalue weighted by Gasteiger charge is 2.72. The molecule has 3 aliphatic rings. The molecule has 0 spiro atoms. The number of alkyl halides is 3. The molecule has 0 radical (unpaired) electrons. The molecule has 3 atom stereocenters. The SMILES string of the molecule is Cc1cc(CC(F)(F)F)nc(-c2ccnc3cc(CN4C(=O)C5C(C4=O)C5(C)C)sc23)c1C(=O)N1CC[C@H](O)C1. The number of aliphatic hydroxyl groups excluding tert-OH is 1. The molecule has 3 amide bonds. The molecule has 12 heteroatoms. The lowest BCUT2D eigenvalue weighted by atomic mass is 9.99. The van der Waals surface area contributed by atoms with Crippen molar-refractivity contribution in [3.63, 3.8) is 0 Å². The number of amides is 3. The Balaban J connectivity index is 1.42. The topological polar surface area (TPSA) is 104 Å². The fraction of sp³-hybridized carbons (Fsp3) is 0.464. The van der Waals surface area contributed by atoms with Gasteiger partial charge in [-0.05, 0) is 42.5 Å². The molecule has 5 heterocycles. The molecular formula is C28H27F3N4O4S. The first-order valence-electron chi connectivity index (χ1n) is 13.0. The molecule has 2 aliphatic heterocycles. The highest BCUT2D eigenvalue weighted by Crippen LogP contribution is 2.63. The number of halogens is 3. The molecule has 0 aromatic carbocycles. The standard InChI is InChI=1S/C28H27F3N4O4S/c1-13-8-14(10-28(29,30)31)33-22(19(13)24(37)34-7-5-15(36)11-34)17-4-6-32-18-9-16(40-23(17)18)12-35-25(38)20-21(26(35)39)27(20,2)3/h4,6,8-9,15,20-21,36H,5,7,10-12H2,1-3H3/t15-,20?,21?/m0/s1. The van der Waals surface area contributed by atoms with Crippen LogP contribution in [0.25, 0.3) is 21.5 Å². The van der Waals surface area contributed by atoms with Gasteiger partial charge in [-0.2, -0.15) is 13.2 Å². The van der Waals surface area contributed by atoms with Crippen molar-refractivity contribution in [3.05, 3.63) is 46.1 Å². The lowest BCUT2D eigenvalue weighted by Crippen LogP contribution is -2.35. The number of hydrogen-bond donors (Lipinski definition) is 1. The molecule has 2 unspecified atom stereocenters. The number of piperidine rings is 1. The minimum absolute atomic E-state index is 0.0826. The van der Waals surface area contributed by atoms with Crippen molar-refractivity contribution in [1.82, 2.24) is 19.8 Å². The summed E-state index contributed by atoms with van der Waals surface area (Å²) in [5.41, 5.74) is 1.08. The van der Waals surface area contributed by atoms with Crippen molar-refractivity contribution in [2.45, 2.75) is 52.4 Å². The van der Waals surface area contributed by atoms with Gasteiger partial charge >= 0.3 is 6.18 Å². The summed E-state index contributed by atoms with van der Waals surface area (Å²) in [4.78, 5) is 51.5. The fourth-order valence-electron chi connectivity index (χ4n) is 6.15. The van der Waals surface area contributed by atoms with Crippen LogP contribution in [0.3, 0.4) is 0 Å². The summed E-state index contributed by atoms with van der Waals surface area (Å²) in [5, 5.41) is 9.98. The first-order chi connectivity index (χ1) is 18.8. The van der Waals surface area contributed by atoms with E-state index in [2.05, 4.69) is 9.97 Å². The van der Waals surface area contributed by atoms with Crippen molar-refractivity contribution >= 4 is 39.3 Å². The third kappa shape index (κ3) is 4.37. The Bertz CT molecular complexity index is 1560. The van der Waals surface area contributed by atoms with Crippen molar-refractivity contribution in [2.24, 2.45) is 17.3 Å². The maximum Gasteiger partial charge on any atom is 0.394 e. The van der Waals surface area contributed by atoms with Gasteiger partial charge < -0.3 is 10.0 Å². The fourth-order valence-corrected chi connectivity index (χ4v) is 7.27. The van der Waals surface area contributed by atoms with Gasteiger partial charge in [0.25, 0.3) is 5.91 Å². The third-order valence-electron chi connectivity index (χ3n) is 8.24. The number of hydrogen-bond acceptors (Lipinski definition) is 7. The minimum atomic E-state index is -4.49. The molecule has 2 saturated heterocycles. The molecule has 3 aromatic heterocycles. The van der Waals surface area contributed by atoms with Gasteiger partial charge in [0.15, 0.2) is 0 Å². The number of carbonyl (C=O) groups excluding carboxylic acids is 3. The van der Waals surface area contributed by atoms with E-state index in [4.69, 9.17) is 0 Å². The molecule has 8 nitrogen and oxygen atoms in total. The van der Waals surface area contributed by atoms with Crippen LogP contribution in [0.4, 0.5) is 13.2 Å². The van der Waals surface area contributed by atoms with Gasteiger partial charge in [-0.25, -0.2) is 0 Å². The molecule has 0 bridgehead atoms. The Morgan fingerprint density at radius 1 is 1.20 bits per heavy atom. The number of pyridine rings is 2. The number of imide groups is 1. The van der Waals surface area contributed by atoms with E-state index in [-0.39, 0.29) is 59.1 Å². The zero-order chi connectivity index (χ0) is 28.7. The summed E-state index contributed by atoms with van der Waals surface area (Å²) >= 11 is 1.27. The molecule has 1 saturated carbocycles. The summed E-state index contributed by atoms with van der Waals surface area (Å²) in [5.74, 6) is -1.40. The number of carbonyl (C=O) groups is 3. The Kier molecular flexibility index (Phi) is 6.08. The van der Waals surface area contributed by atoms with Crippen molar-refractivity contribution in [1.29, 1.82) is 0 Å². The summed E-state index contributed by atoms with van der Waals surface area (Å²) in [7, 11) is 0. The van der Waals surface area contributed by atoms with Crippen molar-refractivity contribution in [2.75, 3.05) is 13.1 Å². The molecule has 6 rings (SSSR count). The minimum Gasteiger partial charge on any atom is -0.391 e. The van der Waals surface area contributed by atoms with Crippen LogP contribution in [0, 0.1) is 24.2 Å². The smallest absolute Gasteiger partial charge is 0.391 e. The largest absolute Gasteiger partial charge is 0.394 e. The lowest BCUT2D eigenvalue weighted by molar-refractivity contribution is -0.143. The number of fused-ring (bicyclic) bond motifs is 2. The number of rotatable bonds is 5. The van der Waals surface area contributed by atoms with Gasteiger partial charge in [0.1, 0.15) is 0 Å². The van der Waals surface area contributed by atoms with E-state index in [1.807, 2.05) is 13.8 Å². The van der Waals surface area contributed by atoms with Crippen LogP contribution in [0.15, 0.2) is 24.4 Å². The highest BCUT2D eigenvalue weighted by molar-refractivity contribution is 7.19. The van der Waals surface area contributed by atoms with E-state index >= 15 is 0 Å². The molecule has 3 fully saturated rings. The van der Waals surface area contributed by atoms with Gasteiger partial charge in [-0.1, -0.05) is 13.8 Å². The Morgan fingerprint density at radius 2 is 1.90 bits per heavy atom. The number of β-amino-alcohol motifs (C(OH)–C–C–N with tert-alkyl or cyclic N) is 1. The molecular weight excluding hydrogens is 545 g/mol. The monoisotopic (exact) mass is 572 g/mol. The zero-order valence-corrected chi connectivity index (χ0v) is 22.9. The maximum atomic E-state index is 13.6. The summed E-state index contributed by atoms with van der Waals surface area (Å²) < 4.78 is 40.6. The van der Waals surface area contributed by atoms with Crippen LogP contribution in [0.5, 0.6) is 0 Å². The average molecular weight is 573 g/mol. The van der Waals surface area contributed by atoms with Crippen molar-refractivity contribution in [3.8, 4) is 11.3 Å². The summed E-state index contributed by atoms with van der Waals surface area (Å²) in [6.45, 7) is 5.95. The first-order valence-corrected chi connectivity index (χ1v) is 13.9. The van der Waals surface area contributed by atoms with E-state index in [0.29, 0.717) is 39.2 Å². The van der Waals surface area contributed by atoms with Gasteiger partial charge in [0, 0.05) is 29.7 Å². The normalized spacial score (nSPS) is 23.8. The molecule has 210 valence electrons. The number of nitrogens with zero attached hydrogens (tertiary/aromatic N) is 4. The predicted molar refractivity (Wildman–Crippen MR) is 140 cm³/mol. The van der Waals surface area contributed by atoms with Gasteiger partial charge in [-0.3, -0.25) is 29.3 Å². The van der Waals surface area contributed by atoms with E-state index < -0.39 is 24.6 Å². The predicted octanol–water partition coefficient (Wildman–Crippen LogP) is 4.12. The average Bonchev–Trinajstić information content (AvgIpc) is 3.24. The highest BCUT2D eigenvalue weighted by atomic mass is 32.1. The molecule has 1 aliphatic carbocycles. The summed E-state index contributed by atoms with van der Waals surface area (Å²) in [6, 6.07) is 4.65. The van der Waals surface area contributed by atoms with Crippen LogP contribution in [-0.2, 0) is 22.6 Å².